The zero-order chi connectivity index (χ0) is 12.5. The number of hydrogen-bond acceptors (Lipinski definition) is 2. The molecule has 2 aliphatic heterocycles. The predicted molar refractivity (Wildman–Crippen MR) is 75.5 cm³/mol. The van der Waals surface area contributed by atoms with Gasteiger partial charge in [0.1, 0.15) is 5.82 Å². The van der Waals surface area contributed by atoms with Gasteiger partial charge in [0.15, 0.2) is 0 Å². The largest absolute Gasteiger partial charge is 0.370 e. The first-order chi connectivity index (χ1) is 8.74. The van der Waals surface area contributed by atoms with Crippen molar-refractivity contribution < 1.29 is 4.39 Å². The summed E-state index contributed by atoms with van der Waals surface area (Å²) in [5.41, 5.74) is 1.14. The van der Waals surface area contributed by atoms with Gasteiger partial charge >= 0.3 is 0 Å². The Labute approximate surface area is 116 Å². The van der Waals surface area contributed by atoms with Gasteiger partial charge in [0, 0.05) is 31.4 Å². The van der Waals surface area contributed by atoms with Crippen LogP contribution in [-0.4, -0.2) is 37.1 Å². The molecule has 0 radical (unpaired) electrons. The molecule has 1 unspecified atom stereocenters. The van der Waals surface area contributed by atoms with E-state index in [1.165, 1.54) is 32.4 Å². The highest BCUT2D eigenvalue weighted by molar-refractivity contribution is 9.10. The molecule has 2 saturated heterocycles. The second kappa shape index (κ2) is 5.17. The van der Waals surface area contributed by atoms with E-state index in [0.29, 0.717) is 10.5 Å². The molecule has 1 aromatic rings. The lowest BCUT2D eigenvalue weighted by Crippen LogP contribution is -2.36. The third-order valence-corrected chi connectivity index (χ3v) is 4.68. The maximum absolute atomic E-state index is 13.3. The van der Waals surface area contributed by atoms with Gasteiger partial charge in [0.05, 0.1) is 4.47 Å². The summed E-state index contributed by atoms with van der Waals surface area (Å²) in [6.07, 6.45) is 3.83. The summed E-state index contributed by atoms with van der Waals surface area (Å²) in [4.78, 5) is 5.01. The molecule has 2 fully saturated rings. The number of hydrogen-bond donors (Lipinski definition) is 0. The Morgan fingerprint density at radius 1 is 1.17 bits per heavy atom. The Morgan fingerprint density at radius 2 is 2.00 bits per heavy atom. The topological polar surface area (TPSA) is 6.48 Å². The monoisotopic (exact) mass is 312 g/mol. The lowest BCUT2D eigenvalue weighted by atomic mass is 10.2. The average Bonchev–Trinajstić information content (AvgIpc) is 2.70. The molecule has 18 heavy (non-hydrogen) atoms. The molecular formula is C14H18BrFN2. The van der Waals surface area contributed by atoms with Crippen LogP contribution >= 0.6 is 15.9 Å². The maximum atomic E-state index is 13.3. The highest BCUT2D eigenvalue weighted by atomic mass is 79.9. The third kappa shape index (κ3) is 2.41. The molecule has 0 bridgehead atoms. The zero-order valence-electron chi connectivity index (χ0n) is 10.4. The van der Waals surface area contributed by atoms with Crippen molar-refractivity contribution in [1.29, 1.82) is 0 Å². The summed E-state index contributed by atoms with van der Waals surface area (Å²) in [5.74, 6) is -0.184. The highest BCUT2D eigenvalue weighted by Crippen LogP contribution is 2.27. The van der Waals surface area contributed by atoms with Gasteiger partial charge in [0.2, 0.25) is 0 Å². The van der Waals surface area contributed by atoms with E-state index < -0.39 is 0 Å². The SMILES string of the molecule is Fc1ccc(N2CCCN3CCCC3C2)cc1Br. The molecule has 3 rings (SSSR count). The normalized spacial score (nSPS) is 25.0. The van der Waals surface area contributed by atoms with E-state index in [1.807, 2.05) is 12.1 Å². The van der Waals surface area contributed by atoms with Crippen LogP contribution in [0.25, 0.3) is 0 Å². The van der Waals surface area contributed by atoms with Crippen molar-refractivity contribution in [2.75, 3.05) is 31.1 Å². The first kappa shape index (κ1) is 12.4. The number of rotatable bonds is 1. The van der Waals surface area contributed by atoms with E-state index in [2.05, 4.69) is 25.7 Å². The average molecular weight is 313 g/mol. The Bertz CT molecular complexity index is 438. The van der Waals surface area contributed by atoms with E-state index in [4.69, 9.17) is 0 Å². The fourth-order valence-corrected chi connectivity index (χ4v) is 3.49. The van der Waals surface area contributed by atoms with Crippen LogP contribution in [0.4, 0.5) is 10.1 Å². The van der Waals surface area contributed by atoms with Crippen molar-refractivity contribution in [1.82, 2.24) is 4.90 Å². The van der Waals surface area contributed by atoms with Crippen LogP contribution in [0.2, 0.25) is 0 Å². The van der Waals surface area contributed by atoms with Crippen LogP contribution in [0.1, 0.15) is 19.3 Å². The minimum atomic E-state index is -0.184. The lowest BCUT2D eigenvalue weighted by Gasteiger charge is -2.27. The molecule has 1 atom stereocenters. The molecule has 2 heterocycles. The first-order valence-electron chi connectivity index (χ1n) is 6.68. The van der Waals surface area contributed by atoms with Crippen molar-refractivity contribution in [2.24, 2.45) is 0 Å². The second-order valence-corrected chi connectivity index (χ2v) is 6.08. The fraction of sp³-hybridized carbons (Fsp3) is 0.571. The minimum Gasteiger partial charge on any atom is -0.370 e. The second-order valence-electron chi connectivity index (χ2n) is 5.23. The molecule has 2 nitrogen and oxygen atoms in total. The van der Waals surface area contributed by atoms with Gasteiger partial charge in [-0.2, -0.15) is 0 Å². The van der Waals surface area contributed by atoms with Crippen LogP contribution in [-0.2, 0) is 0 Å². The Hall–Kier alpha value is -0.610. The molecule has 0 aromatic heterocycles. The highest BCUT2D eigenvalue weighted by Gasteiger charge is 2.28. The number of nitrogens with zero attached hydrogens (tertiary/aromatic N) is 2. The molecular weight excluding hydrogens is 295 g/mol. The quantitative estimate of drug-likeness (QED) is 0.785. The van der Waals surface area contributed by atoms with Gasteiger partial charge in [-0.25, -0.2) is 4.39 Å². The summed E-state index contributed by atoms with van der Waals surface area (Å²) < 4.78 is 13.8. The van der Waals surface area contributed by atoms with E-state index in [1.54, 1.807) is 6.07 Å². The molecule has 0 N–H and O–H groups in total. The van der Waals surface area contributed by atoms with Crippen molar-refractivity contribution in [2.45, 2.75) is 25.3 Å². The van der Waals surface area contributed by atoms with Crippen LogP contribution in [0.3, 0.4) is 0 Å². The maximum Gasteiger partial charge on any atom is 0.137 e. The Morgan fingerprint density at radius 3 is 2.83 bits per heavy atom. The number of halogens is 2. The fourth-order valence-electron chi connectivity index (χ4n) is 3.12. The van der Waals surface area contributed by atoms with Crippen LogP contribution < -0.4 is 4.90 Å². The van der Waals surface area contributed by atoms with Crippen molar-refractivity contribution in [3.63, 3.8) is 0 Å². The van der Waals surface area contributed by atoms with Crippen molar-refractivity contribution in [3.8, 4) is 0 Å². The summed E-state index contributed by atoms with van der Waals surface area (Å²) in [6, 6.07) is 6.04. The molecule has 0 amide bonds. The van der Waals surface area contributed by atoms with Crippen LogP contribution in [0.5, 0.6) is 0 Å². The molecule has 0 saturated carbocycles. The Kier molecular flexibility index (Phi) is 3.57. The zero-order valence-corrected chi connectivity index (χ0v) is 12.0. The summed E-state index contributed by atoms with van der Waals surface area (Å²) in [7, 11) is 0. The van der Waals surface area contributed by atoms with Crippen molar-refractivity contribution >= 4 is 21.6 Å². The predicted octanol–water partition coefficient (Wildman–Crippen LogP) is 3.26. The Balaban J connectivity index is 1.80. The van der Waals surface area contributed by atoms with E-state index in [0.717, 1.165) is 18.8 Å². The molecule has 98 valence electrons. The van der Waals surface area contributed by atoms with Crippen LogP contribution in [0.15, 0.2) is 22.7 Å². The molecule has 2 aliphatic rings. The molecule has 1 aromatic carbocycles. The smallest absolute Gasteiger partial charge is 0.137 e. The molecule has 4 heteroatoms. The van der Waals surface area contributed by atoms with Crippen molar-refractivity contribution in [3.05, 3.63) is 28.5 Å². The van der Waals surface area contributed by atoms with Gasteiger partial charge < -0.3 is 4.90 Å². The van der Waals surface area contributed by atoms with Gasteiger partial charge in [-0.15, -0.1) is 0 Å². The summed E-state index contributed by atoms with van der Waals surface area (Å²) >= 11 is 3.28. The van der Waals surface area contributed by atoms with E-state index in [-0.39, 0.29) is 5.82 Å². The standard InChI is InChI=1S/C14H18BrFN2/c15-13-9-11(4-5-14(13)16)18-8-2-7-17-6-1-3-12(17)10-18/h4-5,9,12H,1-3,6-8,10H2. The van der Waals surface area contributed by atoms with Crippen LogP contribution in [0, 0.1) is 5.82 Å². The van der Waals surface area contributed by atoms with Gasteiger partial charge in [0.25, 0.3) is 0 Å². The third-order valence-electron chi connectivity index (χ3n) is 4.07. The number of benzene rings is 1. The summed E-state index contributed by atoms with van der Waals surface area (Å²) in [6.45, 7) is 4.62. The van der Waals surface area contributed by atoms with Gasteiger partial charge in [-0.3, -0.25) is 4.90 Å². The number of anilines is 1. The van der Waals surface area contributed by atoms with Gasteiger partial charge in [-0.1, -0.05) is 0 Å². The number of fused-ring (bicyclic) bond motifs is 1. The molecule has 0 spiro atoms. The minimum absolute atomic E-state index is 0.184. The van der Waals surface area contributed by atoms with Gasteiger partial charge in [-0.05, 0) is 59.9 Å². The first-order valence-corrected chi connectivity index (χ1v) is 7.47. The molecule has 0 aliphatic carbocycles. The summed E-state index contributed by atoms with van der Waals surface area (Å²) in [5, 5.41) is 0. The van der Waals surface area contributed by atoms with E-state index in [9.17, 15) is 4.39 Å². The lowest BCUT2D eigenvalue weighted by molar-refractivity contribution is 0.273. The van der Waals surface area contributed by atoms with E-state index >= 15 is 0 Å².